The Balaban J connectivity index is 1.24. The molecule has 0 radical (unpaired) electrons. The van der Waals surface area contributed by atoms with Gasteiger partial charge in [-0.05, 0) is 86.6 Å². The summed E-state index contributed by atoms with van der Waals surface area (Å²) in [5.74, 6) is -0.115. The third-order valence-corrected chi connectivity index (χ3v) is 7.63. The Labute approximate surface area is 224 Å². The number of rotatable bonds is 6. The molecule has 5 nitrogen and oxygen atoms in total. The average molecular weight is 543 g/mol. The van der Waals surface area contributed by atoms with E-state index in [9.17, 15) is 18.0 Å². The molecule has 1 aliphatic heterocycles. The fraction of sp³-hybridized carbons (Fsp3) is 0.414. The smallest absolute Gasteiger partial charge is 0.382 e. The SMILES string of the molecule is CCCC1=Nc2cc(C(=O)N[C@H]3CC[C@@H](Nc4cc(C(F)(F)F)nc5ccc(Cl)cc45)CC3)cc(C)c2C1. The van der Waals surface area contributed by atoms with Gasteiger partial charge in [-0.2, -0.15) is 13.2 Å². The second kappa shape index (κ2) is 10.6. The summed E-state index contributed by atoms with van der Waals surface area (Å²) in [5.41, 5.74) is 4.63. The first kappa shape index (κ1) is 26.5. The molecule has 2 aliphatic rings. The van der Waals surface area contributed by atoms with E-state index in [1.54, 1.807) is 6.07 Å². The topological polar surface area (TPSA) is 66.4 Å². The van der Waals surface area contributed by atoms with Crippen LogP contribution >= 0.6 is 11.6 Å². The monoisotopic (exact) mass is 542 g/mol. The number of pyridine rings is 1. The van der Waals surface area contributed by atoms with E-state index in [-0.39, 0.29) is 23.5 Å². The van der Waals surface area contributed by atoms with Crippen LogP contribution in [0.25, 0.3) is 10.9 Å². The van der Waals surface area contributed by atoms with E-state index in [0.717, 1.165) is 49.4 Å². The molecule has 1 saturated carbocycles. The molecule has 0 bridgehead atoms. The molecule has 38 heavy (non-hydrogen) atoms. The molecule has 1 aliphatic carbocycles. The number of fused-ring (bicyclic) bond motifs is 2. The Kier molecular flexibility index (Phi) is 7.36. The van der Waals surface area contributed by atoms with Crippen molar-refractivity contribution in [3.05, 3.63) is 63.8 Å². The molecule has 3 aromatic rings. The number of alkyl halides is 3. The lowest BCUT2D eigenvalue weighted by Gasteiger charge is -2.31. The number of carbonyl (C=O) groups excluding carboxylic acids is 1. The van der Waals surface area contributed by atoms with Crippen molar-refractivity contribution in [2.75, 3.05) is 5.32 Å². The average Bonchev–Trinajstić information content (AvgIpc) is 3.28. The van der Waals surface area contributed by atoms with Crippen molar-refractivity contribution in [1.29, 1.82) is 0 Å². The lowest BCUT2D eigenvalue weighted by atomic mass is 9.90. The molecule has 1 amide bonds. The van der Waals surface area contributed by atoms with Gasteiger partial charge in [0.2, 0.25) is 0 Å². The normalized spacial score (nSPS) is 19.3. The standard InChI is InChI=1S/C29H30ClF3N4O/c1-3-4-21-14-22-16(2)11-17(12-25(22)35-21)28(38)36-20-8-6-19(7-9-20)34-26-15-27(29(31,32)33)37-24-10-5-18(30)13-23(24)26/h5,10-13,15,19-20H,3-4,6-9,14H2,1-2H3,(H,34,37)(H,36,38)/t19-,20+. The van der Waals surface area contributed by atoms with Crippen LogP contribution in [0.3, 0.4) is 0 Å². The molecule has 0 unspecified atom stereocenters. The van der Waals surface area contributed by atoms with Gasteiger partial charge >= 0.3 is 6.18 Å². The first-order valence-electron chi connectivity index (χ1n) is 13.1. The number of aromatic nitrogens is 1. The van der Waals surface area contributed by atoms with E-state index in [0.29, 0.717) is 34.5 Å². The third kappa shape index (κ3) is 5.65. The van der Waals surface area contributed by atoms with E-state index < -0.39 is 11.9 Å². The molecule has 2 N–H and O–H groups in total. The zero-order chi connectivity index (χ0) is 27.0. The molecule has 1 fully saturated rings. The van der Waals surface area contributed by atoms with E-state index in [4.69, 9.17) is 16.6 Å². The van der Waals surface area contributed by atoms with E-state index >= 15 is 0 Å². The number of hydrogen-bond acceptors (Lipinski definition) is 4. The summed E-state index contributed by atoms with van der Waals surface area (Å²) in [6.07, 6.45) is 1.19. The maximum absolute atomic E-state index is 13.5. The Hall–Kier alpha value is -3.13. The van der Waals surface area contributed by atoms with Crippen LogP contribution in [0.15, 0.2) is 41.4 Å². The molecule has 0 atom stereocenters. The van der Waals surface area contributed by atoms with Crippen LogP contribution < -0.4 is 10.6 Å². The number of carbonyl (C=O) groups is 1. The summed E-state index contributed by atoms with van der Waals surface area (Å²) >= 11 is 6.12. The summed E-state index contributed by atoms with van der Waals surface area (Å²) in [6, 6.07) is 9.51. The predicted octanol–water partition coefficient (Wildman–Crippen LogP) is 7.80. The lowest BCUT2D eigenvalue weighted by molar-refractivity contribution is -0.140. The number of aryl methyl sites for hydroxylation is 1. The summed E-state index contributed by atoms with van der Waals surface area (Å²) in [6.45, 7) is 4.16. The highest BCUT2D eigenvalue weighted by molar-refractivity contribution is 6.31. The van der Waals surface area contributed by atoms with E-state index in [1.165, 1.54) is 23.4 Å². The highest BCUT2D eigenvalue weighted by atomic mass is 35.5. The van der Waals surface area contributed by atoms with Crippen molar-refractivity contribution in [2.45, 2.75) is 77.1 Å². The molecule has 0 spiro atoms. The summed E-state index contributed by atoms with van der Waals surface area (Å²) < 4.78 is 40.4. The van der Waals surface area contributed by atoms with Crippen LogP contribution in [0.4, 0.5) is 24.5 Å². The van der Waals surface area contributed by atoms with Gasteiger partial charge in [0.1, 0.15) is 5.69 Å². The molecule has 2 heterocycles. The van der Waals surface area contributed by atoms with Crippen LogP contribution in [0.1, 0.15) is 72.6 Å². The van der Waals surface area contributed by atoms with E-state index in [2.05, 4.69) is 22.5 Å². The Morgan fingerprint density at radius 1 is 1.08 bits per heavy atom. The van der Waals surface area contributed by atoms with Crippen LogP contribution in [-0.2, 0) is 12.6 Å². The Bertz CT molecular complexity index is 1410. The fourth-order valence-electron chi connectivity index (χ4n) is 5.44. The first-order chi connectivity index (χ1) is 18.1. The molecule has 1 aromatic heterocycles. The number of amides is 1. The van der Waals surface area contributed by atoms with Gasteiger partial charge in [0.15, 0.2) is 0 Å². The second-order valence-electron chi connectivity index (χ2n) is 10.3. The number of halogens is 4. The van der Waals surface area contributed by atoms with Crippen molar-refractivity contribution in [1.82, 2.24) is 10.3 Å². The van der Waals surface area contributed by atoms with Crippen LogP contribution in [0.2, 0.25) is 5.02 Å². The van der Waals surface area contributed by atoms with Crippen molar-refractivity contribution in [3.8, 4) is 0 Å². The Morgan fingerprint density at radius 3 is 2.53 bits per heavy atom. The van der Waals surface area contributed by atoms with Gasteiger partial charge in [-0.1, -0.05) is 24.9 Å². The van der Waals surface area contributed by atoms with Gasteiger partial charge in [-0.25, -0.2) is 4.98 Å². The minimum absolute atomic E-state index is 0.00243. The summed E-state index contributed by atoms with van der Waals surface area (Å²) in [4.78, 5) is 21.6. The predicted molar refractivity (Wildman–Crippen MR) is 146 cm³/mol. The van der Waals surface area contributed by atoms with Crippen molar-refractivity contribution in [3.63, 3.8) is 0 Å². The van der Waals surface area contributed by atoms with Crippen molar-refractivity contribution < 1.29 is 18.0 Å². The highest BCUT2D eigenvalue weighted by Crippen LogP contribution is 2.36. The number of hydrogen-bond donors (Lipinski definition) is 2. The van der Waals surface area contributed by atoms with Crippen LogP contribution in [0, 0.1) is 6.92 Å². The van der Waals surface area contributed by atoms with Gasteiger partial charge in [-0.3, -0.25) is 9.79 Å². The Morgan fingerprint density at radius 2 is 1.82 bits per heavy atom. The second-order valence-corrected chi connectivity index (χ2v) is 10.7. The van der Waals surface area contributed by atoms with Gasteiger partial charge in [0.05, 0.1) is 11.2 Å². The number of benzene rings is 2. The molecule has 200 valence electrons. The lowest BCUT2D eigenvalue weighted by Crippen LogP contribution is -2.40. The zero-order valence-electron chi connectivity index (χ0n) is 21.4. The zero-order valence-corrected chi connectivity index (χ0v) is 22.1. The molecular formula is C29H30ClF3N4O. The number of nitrogens with zero attached hydrogens (tertiary/aromatic N) is 2. The summed E-state index contributed by atoms with van der Waals surface area (Å²) in [7, 11) is 0. The van der Waals surface area contributed by atoms with Gasteiger partial charge in [0.25, 0.3) is 5.91 Å². The largest absolute Gasteiger partial charge is 0.433 e. The van der Waals surface area contributed by atoms with E-state index in [1.807, 2.05) is 19.1 Å². The minimum Gasteiger partial charge on any atom is -0.382 e. The number of anilines is 1. The van der Waals surface area contributed by atoms with Gasteiger partial charge in [-0.15, -0.1) is 0 Å². The maximum Gasteiger partial charge on any atom is 0.433 e. The maximum atomic E-state index is 13.5. The molecule has 5 rings (SSSR count). The third-order valence-electron chi connectivity index (χ3n) is 7.39. The van der Waals surface area contributed by atoms with Crippen LogP contribution in [-0.4, -0.2) is 28.7 Å². The first-order valence-corrected chi connectivity index (χ1v) is 13.4. The fourth-order valence-corrected chi connectivity index (χ4v) is 5.61. The van der Waals surface area contributed by atoms with Gasteiger partial charge in [0, 0.05) is 45.9 Å². The molecular weight excluding hydrogens is 513 g/mol. The quantitative estimate of drug-likeness (QED) is 0.334. The van der Waals surface area contributed by atoms with Gasteiger partial charge < -0.3 is 10.6 Å². The minimum atomic E-state index is -4.55. The highest BCUT2D eigenvalue weighted by Gasteiger charge is 2.34. The van der Waals surface area contributed by atoms with Crippen molar-refractivity contribution >= 4 is 45.5 Å². The van der Waals surface area contributed by atoms with Crippen molar-refractivity contribution in [2.24, 2.45) is 4.99 Å². The number of aliphatic imine (C=N–C) groups is 1. The van der Waals surface area contributed by atoms with Crippen LogP contribution in [0.5, 0.6) is 0 Å². The summed E-state index contributed by atoms with van der Waals surface area (Å²) in [5, 5.41) is 7.43. The molecule has 9 heteroatoms. The molecule has 0 saturated heterocycles. The number of nitrogens with one attached hydrogen (secondary N) is 2. The molecule has 2 aromatic carbocycles.